The molecule has 2 unspecified atom stereocenters. The number of rotatable bonds is 6. The summed E-state index contributed by atoms with van der Waals surface area (Å²) in [5.74, 6) is 0.139. The number of nitrogens with one attached hydrogen (secondary N) is 1. The van der Waals surface area contributed by atoms with E-state index in [-0.39, 0.29) is 12.6 Å². The van der Waals surface area contributed by atoms with E-state index in [9.17, 15) is 4.79 Å². The third-order valence-corrected chi connectivity index (χ3v) is 3.18. The molecule has 1 amide bonds. The Hall–Kier alpha value is -0.650. The number of likely N-dealkylation sites (tertiary alicyclic amines) is 1. The molecule has 0 radical (unpaired) electrons. The molecule has 0 aromatic heterocycles. The molecule has 5 nitrogen and oxygen atoms in total. The first-order valence-corrected chi connectivity index (χ1v) is 6.01. The lowest BCUT2D eigenvalue weighted by molar-refractivity contribution is -0.126. The molecule has 1 aliphatic rings. The lowest BCUT2D eigenvalue weighted by atomic mass is 9.92. The summed E-state index contributed by atoms with van der Waals surface area (Å²) in [6.07, 6.45) is 2.45. The first-order chi connectivity index (χ1) is 7.63. The minimum atomic E-state index is -0.446. The molecule has 5 heteroatoms. The molecule has 0 spiro atoms. The van der Waals surface area contributed by atoms with Crippen molar-refractivity contribution in [3.63, 3.8) is 0 Å². The van der Waals surface area contributed by atoms with E-state index in [1.54, 1.807) is 0 Å². The van der Waals surface area contributed by atoms with Gasteiger partial charge < -0.3 is 10.6 Å². The van der Waals surface area contributed by atoms with Crippen molar-refractivity contribution in [3.05, 3.63) is 0 Å². The normalized spacial score (nSPS) is 24.2. The highest BCUT2D eigenvalue weighted by Gasteiger charge is 2.23. The average molecular weight is 229 g/mol. The second-order valence-corrected chi connectivity index (χ2v) is 4.46. The van der Waals surface area contributed by atoms with E-state index in [1.807, 2.05) is 0 Å². The summed E-state index contributed by atoms with van der Waals surface area (Å²) < 4.78 is 0. The maximum atomic E-state index is 10.5. The van der Waals surface area contributed by atoms with Gasteiger partial charge in [0.1, 0.15) is 6.61 Å². The molecule has 0 aromatic carbocycles. The molecule has 0 bridgehead atoms. The molecule has 0 saturated carbocycles. The Morgan fingerprint density at radius 1 is 1.69 bits per heavy atom. The zero-order valence-corrected chi connectivity index (χ0v) is 10.2. The number of hydrogen-bond donors (Lipinski definition) is 2. The standard InChI is InChI=1S/C11H23N3O2/c1-3-14-6-4-5-10(7-14)9(2)13-16-8-11(12)15/h9-10,13H,3-8H2,1-2H3,(H2,12,15). The number of nitrogens with two attached hydrogens (primary N) is 1. The molecule has 1 aliphatic heterocycles. The van der Waals surface area contributed by atoms with Crippen LogP contribution in [-0.2, 0) is 9.63 Å². The Balaban J connectivity index is 2.24. The predicted molar refractivity (Wildman–Crippen MR) is 62.6 cm³/mol. The van der Waals surface area contributed by atoms with Gasteiger partial charge in [0.05, 0.1) is 0 Å². The number of hydroxylamine groups is 1. The third kappa shape index (κ3) is 4.47. The summed E-state index contributed by atoms with van der Waals surface area (Å²) in [6.45, 7) is 7.61. The fourth-order valence-corrected chi connectivity index (χ4v) is 2.13. The highest BCUT2D eigenvalue weighted by atomic mass is 16.6. The van der Waals surface area contributed by atoms with Crippen LogP contribution in [0, 0.1) is 5.92 Å². The van der Waals surface area contributed by atoms with Crippen molar-refractivity contribution >= 4 is 5.91 Å². The lowest BCUT2D eigenvalue weighted by Crippen LogP contribution is -2.44. The maximum Gasteiger partial charge on any atom is 0.245 e. The maximum absolute atomic E-state index is 10.5. The van der Waals surface area contributed by atoms with Crippen molar-refractivity contribution in [1.29, 1.82) is 0 Å². The van der Waals surface area contributed by atoms with Crippen LogP contribution in [0.5, 0.6) is 0 Å². The summed E-state index contributed by atoms with van der Waals surface area (Å²) in [4.78, 5) is 18.0. The first-order valence-electron chi connectivity index (χ1n) is 6.01. The van der Waals surface area contributed by atoms with Gasteiger partial charge in [0, 0.05) is 12.6 Å². The zero-order chi connectivity index (χ0) is 12.0. The van der Waals surface area contributed by atoms with E-state index < -0.39 is 5.91 Å². The van der Waals surface area contributed by atoms with Gasteiger partial charge in [-0.15, -0.1) is 0 Å². The molecular weight excluding hydrogens is 206 g/mol. The molecule has 16 heavy (non-hydrogen) atoms. The molecule has 0 aliphatic carbocycles. The number of carbonyl (C=O) groups is 1. The van der Waals surface area contributed by atoms with Crippen LogP contribution >= 0.6 is 0 Å². The van der Waals surface area contributed by atoms with E-state index in [4.69, 9.17) is 10.6 Å². The van der Waals surface area contributed by atoms with Crippen LogP contribution in [0.3, 0.4) is 0 Å². The van der Waals surface area contributed by atoms with Crippen LogP contribution in [-0.4, -0.2) is 43.1 Å². The minimum Gasteiger partial charge on any atom is -0.368 e. The number of piperidine rings is 1. The molecule has 1 fully saturated rings. The summed E-state index contributed by atoms with van der Waals surface area (Å²) in [5.41, 5.74) is 7.89. The quantitative estimate of drug-likeness (QED) is 0.635. The van der Waals surface area contributed by atoms with Gasteiger partial charge in [0.2, 0.25) is 5.91 Å². The molecule has 0 aromatic rings. The Bertz CT molecular complexity index is 223. The molecule has 3 N–H and O–H groups in total. The Kier molecular flexibility index (Phi) is 5.73. The van der Waals surface area contributed by atoms with Crippen LogP contribution in [0.15, 0.2) is 0 Å². The number of nitrogens with zero attached hydrogens (tertiary/aromatic N) is 1. The van der Waals surface area contributed by atoms with Gasteiger partial charge in [-0.1, -0.05) is 6.92 Å². The van der Waals surface area contributed by atoms with Crippen molar-refractivity contribution in [2.45, 2.75) is 32.7 Å². The average Bonchev–Trinajstić information content (AvgIpc) is 2.28. The molecular formula is C11H23N3O2. The van der Waals surface area contributed by atoms with E-state index in [2.05, 4.69) is 24.2 Å². The van der Waals surface area contributed by atoms with Gasteiger partial charge in [0.15, 0.2) is 0 Å². The molecule has 1 rings (SSSR count). The van der Waals surface area contributed by atoms with E-state index in [1.165, 1.54) is 19.4 Å². The first kappa shape index (κ1) is 13.4. The number of primary amides is 1. The minimum absolute atomic E-state index is 0.0610. The van der Waals surface area contributed by atoms with E-state index >= 15 is 0 Å². The van der Waals surface area contributed by atoms with Crippen molar-refractivity contribution in [2.75, 3.05) is 26.2 Å². The summed E-state index contributed by atoms with van der Waals surface area (Å²) in [6, 6.07) is 0.258. The van der Waals surface area contributed by atoms with Gasteiger partial charge >= 0.3 is 0 Å². The van der Waals surface area contributed by atoms with Crippen LogP contribution in [0.25, 0.3) is 0 Å². The Morgan fingerprint density at radius 3 is 3.06 bits per heavy atom. The molecule has 94 valence electrons. The Morgan fingerprint density at radius 2 is 2.44 bits per heavy atom. The zero-order valence-electron chi connectivity index (χ0n) is 10.2. The van der Waals surface area contributed by atoms with E-state index in [0.29, 0.717) is 5.92 Å². The van der Waals surface area contributed by atoms with Gasteiger partial charge in [-0.25, -0.2) is 0 Å². The third-order valence-electron chi connectivity index (χ3n) is 3.18. The fraction of sp³-hybridized carbons (Fsp3) is 0.909. The molecule has 2 atom stereocenters. The van der Waals surface area contributed by atoms with Gasteiger partial charge in [0.25, 0.3) is 0 Å². The van der Waals surface area contributed by atoms with Crippen molar-refractivity contribution in [3.8, 4) is 0 Å². The molecule has 1 saturated heterocycles. The second kappa shape index (κ2) is 6.83. The SMILES string of the molecule is CCN1CCCC(C(C)NOCC(N)=O)C1. The van der Waals surface area contributed by atoms with Crippen LogP contribution in [0.4, 0.5) is 0 Å². The summed E-state index contributed by atoms with van der Waals surface area (Å²) in [5, 5.41) is 0. The van der Waals surface area contributed by atoms with Crippen molar-refractivity contribution in [2.24, 2.45) is 11.7 Å². The van der Waals surface area contributed by atoms with Crippen LogP contribution < -0.4 is 11.2 Å². The topological polar surface area (TPSA) is 67.6 Å². The van der Waals surface area contributed by atoms with Gasteiger partial charge in [-0.05, 0) is 38.8 Å². The summed E-state index contributed by atoms with van der Waals surface area (Å²) in [7, 11) is 0. The number of carbonyl (C=O) groups excluding carboxylic acids is 1. The predicted octanol–water partition coefficient (Wildman–Crippen LogP) is 0.113. The monoisotopic (exact) mass is 229 g/mol. The number of amides is 1. The van der Waals surface area contributed by atoms with Crippen LogP contribution in [0.1, 0.15) is 26.7 Å². The van der Waals surface area contributed by atoms with Crippen molar-refractivity contribution in [1.82, 2.24) is 10.4 Å². The van der Waals surface area contributed by atoms with Crippen molar-refractivity contribution < 1.29 is 9.63 Å². The Labute approximate surface area is 97.3 Å². The van der Waals surface area contributed by atoms with E-state index in [0.717, 1.165) is 13.1 Å². The van der Waals surface area contributed by atoms with Gasteiger partial charge in [-0.2, -0.15) is 5.48 Å². The smallest absolute Gasteiger partial charge is 0.245 e. The highest BCUT2D eigenvalue weighted by Crippen LogP contribution is 2.19. The summed E-state index contributed by atoms with van der Waals surface area (Å²) >= 11 is 0. The second-order valence-electron chi connectivity index (χ2n) is 4.46. The van der Waals surface area contributed by atoms with Gasteiger partial charge in [-0.3, -0.25) is 9.63 Å². The molecule has 1 heterocycles. The number of hydrogen-bond acceptors (Lipinski definition) is 4. The highest BCUT2D eigenvalue weighted by molar-refractivity contribution is 5.74. The largest absolute Gasteiger partial charge is 0.368 e. The lowest BCUT2D eigenvalue weighted by Gasteiger charge is -2.35. The van der Waals surface area contributed by atoms with Crippen LogP contribution in [0.2, 0.25) is 0 Å². The fourth-order valence-electron chi connectivity index (χ4n) is 2.13.